The van der Waals surface area contributed by atoms with E-state index in [0.29, 0.717) is 18.1 Å². The molecular formula is C27H33N5O3. The van der Waals surface area contributed by atoms with Gasteiger partial charge in [-0.25, -0.2) is 0 Å². The first-order valence-electron chi connectivity index (χ1n) is 11.1. The second-order valence-corrected chi connectivity index (χ2v) is 8.64. The highest BCUT2D eigenvalue weighted by molar-refractivity contribution is 5.85. The lowest BCUT2D eigenvalue weighted by molar-refractivity contribution is -0.126. The van der Waals surface area contributed by atoms with Gasteiger partial charge in [-0.1, -0.05) is 43.8 Å². The fraction of sp³-hybridized carbons (Fsp3) is 0.296. The molecule has 1 amide bonds. The molecular weight excluding hydrogens is 442 g/mol. The highest BCUT2D eigenvalue weighted by Crippen LogP contribution is 2.26. The summed E-state index contributed by atoms with van der Waals surface area (Å²) >= 11 is 0. The highest BCUT2D eigenvalue weighted by atomic mass is 16.5. The number of amides is 1. The van der Waals surface area contributed by atoms with Gasteiger partial charge in [0.1, 0.15) is 11.8 Å². The zero-order chi connectivity index (χ0) is 24.1. The second kappa shape index (κ2) is 11.1. The van der Waals surface area contributed by atoms with Gasteiger partial charge in [-0.3, -0.25) is 9.20 Å². The van der Waals surface area contributed by atoms with Gasteiger partial charge >= 0.3 is 0 Å². The Morgan fingerprint density at radius 2 is 1.74 bits per heavy atom. The van der Waals surface area contributed by atoms with Crippen LogP contribution in [0, 0.1) is 0 Å². The first-order valence-corrected chi connectivity index (χ1v) is 11.1. The molecule has 0 unspecified atom stereocenters. The largest absolute Gasteiger partial charge is 0.497 e. The zero-order valence-electron chi connectivity index (χ0n) is 19.6. The van der Waals surface area contributed by atoms with Crippen molar-refractivity contribution in [3.05, 3.63) is 84.2 Å². The number of hydrogen-bond acceptors (Lipinski definition) is 6. The lowest BCUT2D eigenvalue weighted by Crippen LogP contribution is -2.51. The molecule has 8 heteroatoms. The molecule has 35 heavy (non-hydrogen) atoms. The van der Waals surface area contributed by atoms with E-state index in [1.807, 2.05) is 77.2 Å². The van der Waals surface area contributed by atoms with Gasteiger partial charge in [0.25, 0.3) is 0 Å². The lowest BCUT2D eigenvalue weighted by atomic mass is 10.1. The van der Waals surface area contributed by atoms with Gasteiger partial charge in [-0.05, 0) is 61.4 Å². The number of nitrogens with zero attached hydrogens (tertiary/aromatic N) is 3. The van der Waals surface area contributed by atoms with Gasteiger partial charge in [-0.15, -0.1) is 10.2 Å². The third kappa shape index (κ3) is 6.03. The van der Waals surface area contributed by atoms with E-state index in [1.54, 1.807) is 21.0 Å². The number of aromatic nitrogens is 3. The van der Waals surface area contributed by atoms with Crippen molar-refractivity contribution in [1.82, 2.24) is 19.9 Å². The molecule has 0 saturated carbocycles. The fourth-order valence-corrected chi connectivity index (χ4v) is 3.57. The number of nitrogens with one attached hydrogen (secondary N) is 1. The summed E-state index contributed by atoms with van der Waals surface area (Å²) in [6.07, 6.45) is 0. The molecule has 0 aliphatic heterocycles. The number of rotatable bonds is 9. The molecule has 2 aromatic heterocycles. The molecule has 4 aromatic rings. The van der Waals surface area contributed by atoms with Crippen LogP contribution in [0.5, 0.6) is 5.75 Å². The van der Waals surface area contributed by atoms with E-state index in [4.69, 9.17) is 15.2 Å². The van der Waals surface area contributed by atoms with Crippen LogP contribution in [0.15, 0.2) is 72.8 Å². The Kier molecular flexibility index (Phi) is 8.22. The van der Waals surface area contributed by atoms with E-state index in [9.17, 15) is 4.79 Å². The normalized spacial score (nSPS) is 12.1. The Morgan fingerprint density at radius 1 is 1.03 bits per heavy atom. The summed E-state index contributed by atoms with van der Waals surface area (Å²) in [6, 6.07) is 22.8. The predicted molar refractivity (Wildman–Crippen MR) is 137 cm³/mol. The van der Waals surface area contributed by atoms with Crippen LogP contribution in [0.1, 0.15) is 38.7 Å². The van der Waals surface area contributed by atoms with E-state index in [-0.39, 0.29) is 19.9 Å². The minimum atomic E-state index is -1.06. The zero-order valence-corrected chi connectivity index (χ0v) is 19.6. The van der Waals surface area contributed by atoms with Gasteiger partial charge in [0.05, 0.1) is 31.6 Å². The number of fused-ring (bicyclic) bond motifs is 1. The lowest BCUT2D eigenvalue weighted by Gasteiger charge is -2.24. The van der Waals surface area contributed by atoms with Crippen molar-refractivity contribution in [2.45, 2.75) is 39.5 Å². The molecule has 4 rings (SSSR count). The van der Waals surface area contributed by atoms with E-state index in [2.05, 4.69) is 15.5 Å². The number of methoxy groups -OCH3 is 1. The van der Waals surface area contributed by atoms with Crippen LogP contribution in [0.3, 0.4) is 0 Å². The Morgan fingerprint density at radius 3 is 2.40 bits per heavy atom. The molecule has 1 atom stereocenters. The smallest absolute Gasteiger partial charge is 0.240 e. The summed E-state index contributed by atoms with van der Waals surface area (Å²) in [5.74, 6) is 1.02. The number of pyridine rings is 1. The number of nitrogens with two attached hydrogens (primary N) is 1. The standard InChI is InChI=1S/C26H29N5O3.CH4/c1-26(2,27)25(32)28-21(17-34-16-18-8-5-4-6-9-18)24-30-29-23-11-7-10-22(31(23)24)19-12-14-20(33-3)15-13-19;/h4-15,21H,16-17,27H2,1-3H3,(H,28,32);1H4/t21-;/m1./s1. The quantitative estimate of drug-likeness (QED) is 0.377. The van der Waals surface area contributed by atoms with Crippen molar-refractivity contribution in [1.29, 1.82) is 0 Å². The molecule has 0 spiro atoms. The molecule has 0 aliphatic rings. The van der Waals surface area contributed by atoms with Crippen LogP contribution in [0.25, 0.3) is 16.9 Å². The van der Waals surface area contributed by atoms with Crippen LogP contribution in [-0.2, 0) is 16.1 Å². The summed E-state index contributed by atoms with van der Waals surface area (Å²) in [4.78, 5) is 12.8. The Labute approximate surface area is 206 Å². The Hall–Kier alpha value is -3.75. The molecule has 0 fully saturated rings. The SMILES string of the molecule is C.COc1ccc(-c2cccc3nnc([C@@H](COCc4ccccc4)NC(=O)C(C)(C)N)n23)cc1. The summed E-state index contributed by atoms with van der Waals surface area (Å²) in [7, 11) is 1.63. The van der Waals surface area contributed by atoms with Crippen LogP contribution < -0.4 is 15.8 Å². The molecule has 2 heterocycles. The topological polar surface area (TPSA) is 104 Å². The number of carbonyl (C=O) groups excluding carboxylic acids is 1. The average molecular weight is 476 g/mol. The van der Waals surface area contributed by atoms with Gasteiger partial charge in [0, 0.05) is 0 Å². The van der Waals surface area contributed by atoms with Crippen molar-refractivity contribution in [3.63, 3.8) is 0 Å². The van der Waals surface area contributed by atoms with Crippen molar-refractivity contribution < 1.29 is 14.3 Å². The maximum atomic E-state index is 12.8. The molecule has 2 aromatic carbocycles. The average Bonchev–Trinajstić information content (AvgIpc) is 3.28. The molecule has 0 bridgehead atoms. The summed E-state index contributed by atoms with van der Waals surface area (Å²) in [5.41, 5.74) is 8.54. The van der Waals surface area contributed by atoms with E-state index in [1.165, 1.54) is 0 Å². The molecule has 0 saturated heterocycles. The van der Waals surface area contributed by atoms with Crippen LogP contribution in [-0.4, -0.2) is 39.8 Å². The Bertz CT molecular complexity index is 1250. The number of carbonyl (C=O) groups is 1. The molecule has 184 valence electrons. The van der Waals surface area contributed by atoms with Crippen molar-refractivity contribution in [3.8, 4) is 17.0 Å². The van der Waals surface area contributed by atoms with Crippen molar-refractivity contribution in [2.75, 3.05) is 13.7 Å². The van der Waals surface area contributed by atoms with Crippen LogP contribution in [0.4, 0.5) is 0 Å². The fourth-order valence-electron chi connectivity index (χ4n) is 3.57. The Balaban J connectivity index is 0.00000342. The minimum absolute atomic E-state index is 0. The monoisotopic (exact) mass is 475 g/mol. The third-order valence-corrected chi connectivity index (χ3v) is 5.44. The minimum Gasteiger partial charge on any atom is -0.497 e. The maximum Gasteiger partial charge on any atom is 0.240 e. The number of benzene rings is 2. The summed E-state index contributed by atoms with van der Waals surface area (Å²) in [6.45, 7) is 3.93. The van der Waals surface area contributed by atoms with Gasteiger partial charge in [0.2, 0.25) is 5.91 Å². The van der Waals surface area contributed by atoms with Gasteiger partial charge < -0.3 is 20.5 Å². The molecule has 0 aliphatic carbocycles. The summed E-state index contributed by atoms with van der Waals surface area (Å²) in [5, 5.41) is 11.8. The number of ether oxygens (including phenoxy) is 2. The van der Waals surface area contributed by atoms with Gasteiger partial charge in [0.15, 0.2) is 11.5 Å². The van der Waals surface area contributed by atoms with Crippen molar-refractivity contribution >= 4 is 11.6 Å². The third-order valence-electron chi connectivity index (χ3n) is 5.44. The van der Waals surface area contributed by atoms with Crippen LogP contribution in [0.2, 0.25) is 0 Å². The van der Waals surface area contributed by atoms with Crippen LogP contribution >= 0.6 is 0 Å². The van der Waals surface area contributed by atoms with E-state index < -0.39 is 11.6 Å². The van der Waals surface area contributed by atoms with Gasteiger partial charge in [-0.2, -0.15) is 0 Å². The van der Waals surface area contributed by atoms with E-state index >= 15 is 0 Å². The highest BCUT2D eigenvalue weighted by Gasteiger charge is 2.28. The second-order valence-electron chi connectivity index (χ2n) is 8.64. The maximum absolute atomic E-state index is 12.8. The summed E-state index contributed by atoms with van der Waals surface area (Å²) < 4.78 is 13.2. The first-order chi connectivity index (χ1) is 16.4. The molecule has 8 nitrogen and oxygen atoms in total. The van der Waals surface area contributed by atoms with E-state index in [0.717, 1.165) is 22.6 Å². The number of hydrogen-bond donors (Lipinski definition) is 2. The van der Waals surface area contributed by atoms with Crippen molar-refractivity contribution in [2.24, 2.45) is 5.73 Å². The molecule has 3 N–H and O–H groups in total. The predicted octanol–water partition coefficient (Wildman–Crippen LogP) is 4.15. The first kappa shape index (κ1) is 25.9. The molecule has 0 radical (unpaired) electrons.